The van der Waals surface area contributed by atoms with E-state index in [0.29, 0.717) is 32.6 Å². The summed E-state index contributed by atoms with van der Waals surface area (Å²) < 4.78 is 0. The lowest BCUT2D eigenvalue weighted by atomic mass is 10.1. The van der Waals surface area contributed by atoms with E-state index in [0.717, 1.165) is 5.56 Å². The molecule has 2 rings (SSSR count). The zero-order chi connectivity index (χ0) is 14.5. The molecule has 1 aromatic rings. The Bertz CT molecular complexity index is 465. The zero-order valence-corrected chi connectivity index (χ0v) is 11.8. The Kier molecular flexibility index (Phi) is 4.74. The molecular formula is C15H21N3O2. The molecule has 1 heterocycles. The number of benzene rings is 1. The van der Waals surface area contributed by atoms with Crippen LogP contribution in [0.25, 0.3) is 0 Å². The summed E-state index contributed by atoms with van der Waals surface area (Å²) in [7, 11) is 0. The molecule has 0 aromatic heterocycles. The first-order valence-corrected chi connectivity index (χ1v) is 6.94. The molecule has 5 nitrogen and oxygen atoms in total. The first kappa shape index (κ1) is 14.5. The summed E-state index contributed by atoms with van der Waals surface area (Å²) in [5.41, 5.74) is 6.61. The fourth-order valence-corrected chi connectivity index (χ4v) is 2.35. The number of amides is 2. The molecule has 0 bridgehead atoms. The highest BCUT2D eigenvalue weighted by Crippen LogP contribution is 2.07. The quantitative estimate of drug-likeness (QED) is 0.859. The van der Waals surface area contributed by atoms with Gasteiger partial charge in [0.15, 0.2) is 0 Å². The number of rotatable bonds is 3. The van der Waals surface area contributed by atoms with E-state index in [1.165, 1.54) is 0 Å². The van der Waals surface area contributed by atoms with E-state index in [-0.39, 0.29) is 11.8 Å². The first-order chi connectivity index (χ1) is 9.58. The van der Waals surface area contributed by atoms with Gasteiger partial charge in [-0.15, -0.1) is 0 Å². The first-order valence-electron chi connectivity index (χ1n) is 6.94. The summed E-state index contributed by atoms with van der Waals surface area (Å²) in [6, 6.07) is 9.24. The molecular weight excluding hydrogens is 254 g/mol. The Morgan fingerprint density at radius 1 is 1.10 bits per heavy atom. The maximum Gasteiger partial charge on any atom is 0.239 e. The van der Waals surface area contributed by atoms with Crippen molar-refractivity contribution in [3.05, 3.63) is 35.9 Å². The zero-order valence-electron chi connectivity index (χ0n) is 11.8. The van der Waals surface area contributed by atoms with Crippen molar-refractivity contribution < 1.29 is 9.59 Å². The highest BCUT2D eigenvalue weighted by molar-refractivity contribution is 5.82. The van der Waals surface area contributed by atoms with Gasteiger partial charge in [0.25, 0.3) is 0 Å². The van der Waals surface area contributed by atoms with E-state index < -0.39 is 6.04 Å². The summed E-state index contributed by atoms with van der Waals surface area (Å²) in [4.78, 5) is 27.5. The van der Waals surface area contributed by atoms with Crippen LogP contribution < -0.4 is 5.73 Å². The van der Waals surface area contributed by atoms with Crippen LogP contribution in [0.3, 0.4) is 0 Å². The van der Waals surface area contributed by atoms with Gasteiger partial charge < -0.3 is 15.5 Å². The number of hydrogen-bond donors (Lipinski definition) is 1. The summed E-state index contributed by atoms with van der Waals surface area (Å²) in [6.45, 7) is 4.01. The van der Waals surface area contributed by atoms with Crippen LogP contribution in [0.1, 0.15) is 12.5 Å². The van der Waals surface area contributed by atoms with Crippen molar-refractivity contribution in [2.75, 3.05) is 26.2 Å². The van der Waals surface area contributed by atoms with Crippen molar-refractivity contribution in [1.82, 2.24) is 9.80 Å². The summed E-state index contributed by atoms with van der Waals surface area (Å²) in [6.07, 6.45) is 0.419. The van der Waals surface area contributed by atoms with E-state index in [4.69, 9.17) is 5.73 Å². The molecule has 0 radical (unpaired) electrons. The fourth-order valence-electron chi connectivity index (χ4n) is 2.35. The van der Waals surface area contributed by atoms with Crippen molar-refractivity contribution in [3.8, 4) is 0 Å². The van der Waals surface area contributed by atoms with E-state index in [1.54, 1.807) is 11.8 Å². The summed E-state index contributed by atoms with van der Waals surface area (Å²) >= 11 is 0. The van der Waals surface area contributed by atoms with Gasteiger partial charge in [0, 0.05) is 26.2 Å². The van der Waals surface area contributed by atoms with E-state index in [2.05, 4.69) is 0 Å². The van der Waals surface area contributed by atoms with Gasteiger partial charge in [0.2, 0.25) is 11.8 Å². The summed E-state index contributed by atoms with van der Waals surface area (Å²) in [5.74, 6) is 0.0734. The molecule has 1 aromatic carbocycles. The highest BCUT2D eigenvalue weighted by atomic mass is 16.2. The molecule has 2 N–H and O–H groups in total. The van der Waals surface area contributed by atoms with Crippen molar-refractivity contribution in [3.63, 3.8) is 0 Å². The smallest absolute Gasteiger partial charge is 0.239 e. The van der Waals surface area contributed by atoms with Gasteiger partial charge in [-0.3, -0.25) is 9.59 Å². The molecule has 1 aliphatic heterocycles. The minimum absolute atomic E-state index is 0.0415. The monoisotopic (exact) mass is 275 g/mol. The topological polar surface area (TPSA) is 66.6 Å². The Labute approximate surface area is 119 Å². The van der Waals surface area contributed by atoms with Gasteiger partial charge in [0.1, 0.15) is 0 Å². The fraction of sp³-hybridized carbons (Fsp3) is 0.467. The molecule has 108 valence electrons. The average Bonchev–Trinajstić information content (AvgIpc) is 2.47. The Morgan fingerprint density at radius 2 is 1.65 bits per heavy atom. The van der Waals surface area contributed by atoms with Crippen LogP contribution in [0.5, 0.6) is 0 Å². The predicted molar refractivity (Wildman–Crippen MR) is 77.0 cm³/mol. The molecule has 0 aliphatic carbocycles. The third-order valence-corrected chi connectivity index (χ3v) is 3.53. The second-order valence-electron chi connectivity index (χ2n) is 5.16. The van der Waals surface area contributed by atoms with E-state index >= 15 is 0 Å². The Balaban J connectivity index is 1.84. The Hall–Kier alpha value is -1.88. The van der Waals surface area contributed by atoms with Gasteiger partial charge in [0.05, 0.1) is 12.5 Å². The summed E-state index contributed by atoms with van der Waals surface area (Å²) in [5, 5.41) is 0. The molecule has 20 heavy (non-hydrogen) atoms. The van der Waals surface area contributed by atoms with Crippen LogP contribution in [0, 0.1) is 0 Å². The van der Waals surface area contributed by atoms with Crippen LogP contribution in [-0.4, -0.2) is 53.8 Å². The van der Waals surface area contributed by atoms with E-state index in [9.17, 15) is 9.59 Å². The van der Waals surface area contributed by atoms with Gasteiger partial charge in [-0.1, -0.05) is 30.3 Å². The van der Waals surface area contributed by atoms with Crippen molar-refractivity contribution in [2.45, 2.75) is 19.4 Å². The molecule has 1 fully saturated rings. The number of carbonyl (C=O) groups excluding carboxylic acids is 2. The van der Waals surface area contributed by atoms with Crippen molar-refractivity contribution in [1.29, 1.82) is 0 Å². The molecule has 1 atom stereocenters. The van der Waals surface area contributed by atoms with Gasteiger partial charge in [-0.05, 0) is 12.5 Å². The van der Waals surface area contributed by atoms with Crippen LogP contribution >= 0.6 is 0 Å². The average molecular weight is 275 g/mol. The molecule has 0 spiro atoms. The molecule has 0 unspecified atom stereocenters. The maximum absolute atomic E-state index is 12.2. The number of nitrogens with two attached hydrogens (primary N) is 1. The number of hydrogen-bond acceptors (Lipinski definition) is 3. The Morgan fingerprint density at radius 3 is 2.20 bits per heavy atom. The van der Waals surface area contributed by atoms with Crippen LogP contribution in [0.2, 0.25) is 0 Å². The molecule has 0 saturated carbocycles. The minimum Gasteiger partial charge on any atom is -0.339 e. The van der Waals surface area contributed by atoms with Crippen molar-refractivity contribution in [2.24, 2.45) is 5.73 Å². The standard InChI is InChI=1S/C15H21N3O2/c1-12(16)15(20)18-9-7-17(8-10-18)14(19)11-13-5-3-2-4-6-13/h2-6,12H,7-11,16H2,1H3/t12-/m1/s1. The van der Waals surface area contributed by atoms with Crippen LogP contribution in [-0.2, 0) is 16.0 Å². The third-order valence-electron chi connectivity index (χ3n) is 3.53. The lowest BCUT2D eigenvalue weighted by molar-refractivity contribution is -0.139. The second kappa shape index (κ2) is 6.52. The molecule has 2 amide bonds. The maximum atomic E-state index is 12.2. The normalized spacial score (nSPS) is 16.9. The largest absolute Gasteiger partial charge is 0.339 e. The lowest BCUT2D eigenvalue weighted by Crippen LogP contribution is -2.54. The lowest BCUT2D eigenvalue weighted by Gasteiger charge is -2.35. The van der Waals surface area contributed by atoms with Gasteiger partial charge in [-0.2, -0.15) is 0 Å². The van der Waals surface area contributed by atoms with Gasteiger partial charge in [-0.25, -0.2) is 0 Å². The van der Waals surface area contributed by atoms with E-state index in [1.807, 2.05) is 35.2 Å². The number of nitrogens with zero attached hydrogens (tertiary/aromatic N) is 2. The second-order valence-corrected chi connectivity index (χ2v) is 5.16. The minimum atomic E-state index is -0.471. The molecule has 1 saturated heterocycles. The third kappa shape index (κ3) is 3.57. The number of carbonyl (C=O) groups is 2. The molecule has 1 aliphatic rings. The number of piperazine rings is 1. The SMILES string of the molecule is C[C@@H](N)C(=O)N1CCN(C(=O)Cc2ccccc2)CC1. The van der Waals surface area contributed by atoms with Gasteiger partial charge >= 0.3 is 0 Å². The van der Waals surface area contributed by atoms with Crippen LogP contribution in [0.4, 0.5) is 0 Å². The van der Waals surface area contributed by atoms with Crippen LogP contribution in [0.15, 0.2) is 30.3 Å². The highest BCUT2D eigenvalue weighted by Gasteiger charge is 2.25. The predicted octanol–water partition coefficient (Wildman–Crippen LogP) is 0.247. The molecule has 5 heteroatoms. The van der Waals surface area contributed by atoms with Crippen molar-refractivity contribution >= 4 is 11.8 Å².